The monoisotopic (exact) mass is 184 g/mol. The molecule has 0 radical (unpaired) electrons. The van der Waals surface area contributed by atoms with Gasteiger partial charge in [-0.2, -0.15) is 0 Å². The van der Waals surface area contributed by atoms with Crippen LogP contribution in [0.3, 0.4) is 0 Å². The lowest BCUT2D eigenvalue weighted by atomic mass is 10.2. The van der Waals surface area contributed by atoms with E-state index in [1.165, 1.54) is 19.2 Å². The minimum Gasteiger partial charge on any atom is -0.496 e. The molecule has 0 fully saturated rings. The third kappa shape index (κ3) is 1.75. The van der Waals surface area contributed by atoms with E-state index < -0.39 is 11.7 Å². The first-order valence-electron chi connectivity index (χ1n) is 3.54. The number of hydrogen-bond donors (Lipinski definition) is 2. The highest BCUT2D eigenvalue weighted by Gasteiger charge is 2.15. The minimum absolute atomic E-state index is 0.156. The van der Waals surface area contributed by atoms with Crippen LogP contribution in [0.25, 0.3) is 0 Å². The van der Waals surface area contributed by atoms with Crippen LogP contribution in [0.4, 0.5) is 4.39 Å². The lowest BCUT2D eigenvalue weighted by Gasteiger charge is -2.06. The smallest absolute Gasteiger partial charge is 0.271 e. The Morgan fingerprint density at radius 1 is 1.62 bits per heavy atom. The average Bonchev–Trinajstić information content (AvgIpc) is 2.16. The van der Waals surface area contributed by atoms with E-state index in [0.717, 1.165) is 6.07 Å². The molecule has 0 bridgehead atoms. The van der Waals surface area contributed by atoms with Crippen molar-refractivity contribution in [1.82, 2.24) is 5.43 Å². The second kappa shape index (κ2) is 3.86. The van der Waals surface area contributed by atoms with Crippen molar-refractivity contribution in [2.75, 3.05) is 7.11 Å². The Kier molecular flexibility index (Phi) is 2.81. The fourth-order valence-corrected chi connectivity index (χ4v) is 0.967. The molecule has 1 aromatic carbocycles. The van der Waals surface area contributed by atoms with Gasteiger partial charge in [0.2, 0.25) is 0 Å². The van der Waals surface area contributed by atoms with Gasteiger partial charge in [-0.25, -0.2) is 10.2 Å². The van der Waals surface area contributed by atoms with Gasteiger partial charge in [-0.3, -0.25) is 10.2 Å². The normalized spacial score (nSPS) is 9.46. The summed E-state index contributed by atoms with van der Waals surface area (Å²) in [6.45, 7) is 0. The topological polar surface area (TPSA) is 64.3 Å². The largest absolute Gasteiger partial charge is 0.496 e. The molecule has 0 atom stereocenters. The van der Waals surface area contributed by atoms with Crippen LogP contribution in [0.5, 0.6) is 5.75 Å². The van der Waals surface area contributed by atoms with E-state index in [1.807, 2.05) is 5.43 Å². The van der Waals surface area contributed by atoms with Gasteiger partial charge in [0.1, 0.15) is 17.1 Å². The second-order valence-corrected chi connectivity index (χ2v) is 2.29. The van der Waals surface area contributed by atoms with Crippen LogP contribution in [0.1, 0.15) is 10.4 Å². The standard InChI is InChI=1S/C8H9FN2O2/c1-13-6-4-2-3-5(9)7(6)8(12)11-10/h2-4H,10H2,1H3,(H,11,12). The lowest BCUT2D eigenvalue weighted by Crippen LogP contribution is -2.31. The number of nitrogens with one attached hydrogen (secondary N) is 1. The van der Waals surface area contributed by atoms with Crippen molar-refractivity contribution in [2.45, 2.75) is 0 Å². The number of carbonyl (C=O) groups excluding carboxylic acids is 1. The molecule has 70 valence electrons. The maximum Gasteiger partial charge on any atom is 0.271 e. The molecule has 5 heteroatoms. The molecule has 0 aliphatic rings. The van der Waals surface area contributed by atoms with Crippen molar-refractivity contribution in [3.05, 3.63) is 29.6 Å². The maximum atomic E-state index is 13.1. The van der Waals surface area contributed by atoms with Gasteiger partial charge in [0.05, 0.1) is 7.11 Å². The number of nitrogen functional groups attached to an aromatic ring is 1. The second-order valence-electron chi connectivity index (χ2n) is 2.29. The number of carbonyl (C=O) groups is 1. The molecule has 0 saturated heterocycles. The van der Waals surface area contributed by atoms with Gasteiger partial charge in [0, 0.05) is 0 Å². The molecule has 1 amide bonds. The van der Waals surface area contributed by atoms with Crippen molar-refractivity contribution < 1.29 is 13.9 Å². The molecule has 13 heavy (non-hydrogen) atoms. The van der Waals surface area contributed by atoms with Gasteiger partial charge < -0.3 is 4.74 Å². The molecule has 0 unspecified atom stereocenters. The zero-order valence-corrected chi connectivity index (χ0v) is 7.00. The molecule has 0 aromatic heterocycles. The van der Waals surface area contributed by atoms with Crippen molar-refractivity contribution in [2.24, 2.45) is 5.84 Å². The van der Waals surface area contributed by atoms with Gasteiger partial charge in [0.25, 0.3) is 5.91 Å². The number of halogens is 1. The Hall–Kier alpha value is -1.62. The summed E-state index contributed by atoms with van der Waals surface area (Å²) in [6.07, 6.45) is 0. The summed E-state index contributed by atoms with van der Waals surface area (Å²) in [5.74, 6) is 3.65. The van der Waals surface area contributed by atoms with E-state index in [0.29, 0.717) is 0 Å². The molecule has 0 heterocycles. The summed E-state index contributed by atoms with van der Waals surface area (Å²) in [4.78, 5) is 11.1. The fraction of sp³-hybridized carbons (Fsp3) is 0.125. The third-order valence-corrected chi connectivity index (χ3v) is 1.55. The van der Waals surface area contributed by atoms with Crippen LogP contribution < -0.4 is 16.0 Å². The average molecular weight is 184 g/mol. The van der Waals surface area contributed by atoms with E-state index in [9.17, 15) is 9.18 Å². The first-order valence-corrected chi connectivity index (χ1v) is 3.54. The lowest BCUT2D eigenvalue weighted by molar-refractivity contribution is 0.0946. The van der Waals surface area contributed by atoms with Crippen LogP contribution >= 0.6 is 0 Å². The van der Waals surface area contributed by atoms with E-state index in [4.69, 9.17) is 10.6 Å². The number of amides is 1. The highest BCUT2D eigenvalue weighted by molar-refractivity contribution is 5.96. The molecule has 4 nitrogen and oxygen atoms in total. The molecular formula is C8H9FN2O2. The Bertz CT molecular complexity index is 328. The SMILES string of the molecule is COc1cccc(F)c1C(=O)NN. The number of hydrogen-bond acceptors (Lipinski definition) is 3. The Labute approximate surface area is 74.5 Å². The van der Waals surface area contributed by atoms with Crippen LogP contribution in [0.2, 0.25) is 0 Å². The summed E-state index contributed by atoms with van der Waals surface area (Å²) in [5.41, 5.74) is 1.65. The van der Waals surface area contributed by atoms with Gasteiger partial charge in [0.15, 0.2) is 0 Å². The van der Waals surface area contributed by atoms with E-state index in [1.54, 1.807) is 0 Å². The molecule has 3 N–H and O–H groups in total. The Morgan fingerprint density at radius 2 is 2.31 bits per heavy atom. The third-order valence-electron chi connectivity index (χ3n) is 1.55. The van der Waals surface area contributed by atoms with Crippen molar-refractivity contribution in [3.8, 4) is 5.75 Å². The summed E-state index contributed by atoms with van der Waals surface area (Å²) in [5, 5.41) is 0. The van der Waals surface area contributed by atoms with Gasteiger partial charge >= 0.3 is 0 Å². The Balaban J connectivity index is 3.22. The summed E-state index contributed by atoms with van der Waals surface area (Å²) < 4.78 is 17.9. The van der Waals surface area contributed by atoms with Crippen LogP contribution in [0, 0.1) is 5.82 Å². The number of ether oxygens (including phenoxy) is 1. The number of nitrogens with two attached hydrogens (primary N) is 1. The number of benzene rings is 1. The van der Waals surface area contributed by atoms with Crippen LogP contribution in [-0.2, 0) is 0 Å². The van der Waals surface area contributed by atoms with Gasteiger partial charge in [-0.1, -0.05) is 6.07 Å². The molecular weight excluding hydrogens is 175 g/mol. The summed E-state index contributed by atoms with van der Waals surface area (Å²) in [7, 11) is 1.35. The number of methoxy groups -OCH3 is 1. The summed E-state index contributed by atoms with van der Waals surface area (Å²) in [6, 6.07) is 4.09. The Morgan fingerprint density at radius 3 is 2.85 bits per heavy atom. The van der Waals surface area contributed by atoms with E-state index in [2.05, 4.69) is 0 Å². The molecule has 1 rings (SSSR count). The minimum atomic E-state index is -0.713. The summed E-state index contributed by atoms with van der Waals surface area (Å²) >= 11 is 0. The van der Waals surface area contributed by atoms with E-state index >= 15 is 0 Å². The number of hydrazine groups is 1. The predicted octanol–water partition coefficient (Wildman–Crippen LogP) is 0.438. The molecule has 1 aromatic rings. The zero-order chi connectivity index (χ0) is 9.84. The molecule has 0 saturated carbocycles. The van der Waals surface area contributed by atoms with Crippen molar-refractivity contribution in [3.63, 3.8) is 0 Å². The van der Waals surface area contributed by atoms with Gasteiger partial charge in [-0.05, 0) is 12.1 Å². The molecule has 0 aliphatic carbocycles. The quantitative estimate of drug-likeness (QED) is 0.398. The van der Waals surface area contributed by atoms with Crippen LogP contribution in [-0.4, -0.2) is 13.0 Å². The first kappa shape index (κ1) is 9.47. The zero-order valence-electron chi connectivity index (χ0n) is 7.00. The molecule has 0 aliphatic heterocycles. The first-order chi connectivity index (χ1) is 6.20. The van der Waals surface area contributed by atoms with Crippen LogP contribution in [0.15, 0.2) is 18.2 Å². The van der Waals surface area contributed by atoms with E-state index in [-0.39, 0.29) is 11.3 Å². The fourth-order valence-electron chi connectivity index (χ4n) is 0.967. The van der Waals surface area contributed by atoms with Gasteiger partial charge in [-0.15, -0.1) is 0 Å². The predicted molar refractivity (Wildman–Crippen MR) is 44.6 cm³/mol. The number of rotatable bonds is 2. The van der Waals surface area contributed by atoms with Crippen molar-refractivity contribution >= 4 is 5.91 Å². The maximum absolute atomic E-state index is 13.1. The van der Waals surface area contributed by atoms with Crippen molar-refractivity contribution in [1.29, 1.82) is 0 Å². The highest BCUT2D eigenvalue weighted by atomic mass is 19.1. The molecule has 0 spiro atoms. The highest BCUT2D eigenvalue weighted by Crippen LogP contribution is 2.20.